The van der Waals surface area contributed by atoms with Gasteiger partial charge in [-0.1, -0.05) is 23.7 Å². The molecular weight excluding hydrogens is 376 g/mol. The number of nitrogens with zero attached hydrogens (tertiary/aromatic N) is 2. The Morgan fingerprint density at radius 2 is 1.89 bits per heavy atom. The summed E-state index contributed by atoms with van der Waals surface area (Å²) in [5.74, 6) is 0.663. The first-order valence-corrected chi connectivity index (χ1v) is 9.23. The molecule has 0 aliphatic carbocycles. The summed E-state index contributed by atoms with van der Waals surface area (Å²) < 4.78 is 5.79. The first-order valence-electron chi connectivity index (χ1n) is 8.85. The van der Waals surface area contributed by atoms with Gasteiger partial charge in [-0.3, -0.25) is 4.79 Å². The molecule has 6 nitrogen and oxygen atoms in total. The van der Waals surface area contributed by atoms with E-state index in [0.29, 0.717) is 22.4 Å². The number of anilines is 3. The largest absolute Gasteiger partial charge is 0.489 e. The van der Waals surface area contributed by atoms with Crippen molar-refractivity contribution in [3.63, 3.8) is 0 Å². The van der Waals surface area contributed by atoms with Crippen LogP contribution in [-0.4, -0.2) is 22.0 Å². The number of carbonyl (C=O) groups excluding carboxylic acids is 1. The van der Waals surface area contributed by atoms with Crippen molar-refractivity contribution < 1.29 is 9.53 Å². The molecule has 1 amide bonds. The summed E-state index contributed by atoms with van der Waals surface area (Å²) in [5.41, 5.74) is 2.52. The fourth-order valence-electron chi connectivity index (χ4n) is 2.55. The lowest BCUT2D eigenvalue weighted by Crippen LogP contribution is -2.15. The molecule has 1 heterocycles. The number of ether oxygens (including phenoxy) is 1. The lowest BCUT2D eigenvalue weighted by molar-refractivity contribution is 0.102. The van der Waals surface area contributed by atoms with Gasteiger partial charge in [0.15, 0.2) is 0 Å². The third-order valence-corrected chi connectivity index (χ3v) is 4.06. The highest BCUT2D eigenvalue weighted by atomic mass is 35.5. The Balaban J connectivity index is 1.78. The first-order chi connectivity index (χ1) is 13.4. The number of aromatic nitrogens is 2. The topological polar surface area (TPSA) is 76.1 Å². The molecule has 3 rings (SSSR count). The van der Waals surface area contributed by atoms with E-state index in [4.69, 9.17) is 16.3 Å². The quantitative estimate of drug-likeness (QED) is 0.597. The molecule has 1 aromatic heterocycles. The van der Waals surface area contributed by atoms with Gasteiger partial charge in [-0.2, -0.15) is 0 Å². The van der Waals surface area contributed by atoms with Gasteiger partial charge in [0.2, 0.25) is 5.95 Å². The van der Waals surface area contributed by atoms with Crippen molar-refractivity contribution in [1.82, 2.24) is 9.97 Å². The molecule has 2 N–H and O–H groups in total. The van der Waals surface area contributed by atoms with Crippen LogP contribution < -0.4 is 15.4 Å². The average molecular weight is 397 g/mol. The minimum atomic E-state index is -0.331. The minimum Gasteiger partial charge on any atom is -0.489 e. The highest BCUT2D eigenvalue weighted by Crippen LogP contribution is 2.27. The number of hydrogen-bond donors (Lipinski definition) is 2. The number of halogens is 1. The number of aryl methyl sites for hydroxylation is 1. The highest BCUT2D eigenvalue weighted by Gasteiger charge is 2.12. The molecule has 3 aromatic rings. The molecule has 0 radical (unpaired) electrons. The fourth-order valence-corrected chi connectivity index (χ4v) is 2.77. The zero-order valence-corrected chi connectivity index (χ0v) is 16.6. The molecule has 0 unspecified atom stereocenters. The zero-order valence-electron chi connectivity index (χ0n) is 15.9. The second kappa shape index (κ2) is 8.71. The molecular formula is C21H21ClN4O2. The molecule has 144 valence electrons. The molecule has 0 atom stereocenters. The Morgan fingerprint density at radius 1 is 1.11 bits per heavy atom. The standard InChI is InChI=1S/C21H21ClN4O2/c1-13(2)28-19-7-5-4-6-17(19)25-21-23-11-10-18(26-21)20(27)24-16-9-8-15(22)12-14(16)3/h4-13H,1-3H3,(H,24,27)(H,23,25,26). The molecule has 7 heteroatoms. The maximum absolute atomic E-state index is 12.6. The summed E-state index contributed by atoms with van der Waals surface area (Å²) in [6.07, 6.45) is 1.56. The molecule has 0 fully saturated rings. The Kier molecular flexibility index (Phi) is 6.11. The molecule has 0 aliphatic rings. The number of hydrogen-bond acceptors (Lipinski definition) is 5. The van der Waals surface area contributed by atoms with Crippen molar-refractivity contribution >= 4 is 34.8 Å². The maximum Gasteiger partial charge on any atom is 0.274 e. The van der Waals surface area contributed by atoms with Gasteiger partial charge in [-0.15, -0.1) is 0 Å². The number of para-hydroxylation sites is 2. The Hall–Kier alpha value is -3.12. The van der Waals surface area contributed by atoms with Gasteiger partial charge in [0, 0.05) is 16.9 Å². The van der Waals surface area contributed by atoms with Crippen molar-refractivity contribution in [3.8, 4) is 5.75 Å². The van der Waals surface area contributed by atoms with Crippen LogP contribution in [0.15, 0.2) is 54.7 Å². The van der Waals surface area contributed by atoms with Gasteiger partial charge < -0.3 is 15.4 Å². The van der Waals surface area contributed by atoms with Crippen molar-refractivity contribution in [2.75, 3.05) is 10.6 Å². The third-order valence-electron chi connectivity index (χ3n) is 3.82. The summed E-state index contributed by atoms with van der Waals surface area (Å²) >= 11 is 5.96. The van der Waals surface area contributed by atoms with E-state index < -0.39 is 0 Å². The van der Waals surface area contributed by atoms with Crippen LogP contribution in [0, 0.1) is 6.92 Å². The fraction of sp³-hybridized carbons (Fsp3) is 0.190. The van der Waals surface area contributed by atoms with E-state index in [0.717, 1.165) is 11.3 Å². The summed E-state index contributed by atoms with van der Waals surface area (Å²) in [4.78, 5) is 21.1. The molecule has 2 aromatic carbocycles. The van der Waals surface area contributed by atoms with Crippen LogP contribution >= 0.6 is 11.6 Å². The summed E-state index contributed by atoms with van der Waals surface area (Å²) in [7, 11) is 0. The molecule has 0 spiro atoms. The van der Waals surface area contributed by atoms with Gasteiger partial charge in [0.05, 0.1) is 11.8 Å². The summed E-state index contributed by atoms with van der Waals surface area (Å²) in [5, 5.41) is 6.57. The predicted molar refractivity (Wildman–Crippen MR) is 112 cm³/mol. The van der Waals surface area contributed by atoms with Crippen molar-refractivity contribution in [1.29, 1.82) is 0 Å². The molecule has 0 bridgehead atoms. The number of benzene rings is 2. The second-order valence-electron chi connectivity index (χ2n) is 6.47. The first kappa shape index (κ1) is 19.6. The monoisotopic (exact) mass is 396 g/mol. The summed E-state index contributed by atoms with van der Waals surface area (Å²) in [6, 6.07) is 14.3. The van der Waals surface area contributed by atoms with Gasteiger partial charge in [-0.05, 0) is 62.7 Å². The Morgan fingerprint density at radius 3 is 2.64 bits per heavy atom. The number of carbonyl (C=O) groups is 1. The maximum atomic E-state index is 12.6. The molecule has 0 aliphatic heterocycles. The minimum absolute atomic E-state index is 0.0311. The molecule has 0 saturated carbocycles. The van der Waals surface area contributed by atoms with Crippen LogP contribution in [0.4, 0.5) is 17.3 Å². The van der Waals surface area contributed by atoms with Crippen LogP contribution in [0.1, 0.15) is 29.9 Å². The highest BCUT2D eigenvalue weighted by molar-refractivity contribution is 6.30. The van der Waals surface area contributed by atoms with Gasteiger partial charge >= 0.3 is 0 Å². The zero-order chi connectivity index (χ0) is 20.1. The van der Waals surface area contributed by atoms with E-state index in [1.54, 1.807) is 24.3 Å². The Labute approximate surface area is 168 Å². The van der Waals surface area contributed by atoms with Crippen molar-refractivity contribution in [3.05, 3.63) is 71.0 Å². The van der Waals surface area contributed by atoms with Gasteiger partial charge in [0.25, 0.3) is 5.91 Å². The van der Waals surface area contributed by atoms with Crippen LogP contribution in [0.3, 0.4) is 0 Å². The van der Waals surface area contributed by atoms with Gasteiger partial charge in [-0.25, -0.2) is 9.97 Å². The predicted octanol–water partition coefficient (Wildman–Crippen LogP) is 5.22. The number of nitrogens with one attached hydrogen (secondary N) is 2. The number of amides is 1. The lowest BCUT2D eigenvalue weighted by atomic mass is 10.2. The molecule has 28 heavy (non-hydrogen) atoms. The second-order valence-corrected chi connectivity index (χ2v) is 6.90. The normalized spacial score (nSPS) is 10.6. The average Bonchev–Trinajstić information content (AvgIpc) is 2.65. The van der Waals surface area contributed by atoms with E-state index in [1.165, 1.54) is 6.20 Å². The smallest absolute Gasteiger partial charge is 0.274 e. The number of rotatable bonds is 6. The van der Waals surface area contributed by atoms with Crippen molar-refractivity contribution in [2.24, 2.45) is 0 Å². The van der Waals surface area contributed by atoms with E-state index in [1.807, 2.05) is 45.0 Å². The van der Waals surface area contributed by atoms with Crippen LogP contribution in [-0.2, 0) is 0 Å². The Bertz CT molecular complexity index is 992. The lowest BCUT2D eigenvalue weighted by Gasteiger charge is -2.15. The van der Waals surface area contributed by atoms with E-state index in [-0.39, 0.29) is 17.7 Å². The van der Waals surface area contributed by atoms with Crippen molar-refractivity contribution in [2.45, 2.75) is 26.9 Å². The molecule has 0 saturated heterocycles. The SMILES string of the molecule is Cc1cc(Cl)ccc1NC(=O)c1ccnc(Nc2ccccc2OC(C)C)n1. The van der Waals surface area contributed by atoms with E-state index in [2.05, 4.69) is 20.6 Å². The summed E-state index contributed by atoms with van der Waals surface area (Å²) in [6.45, 7) is 5.79. The van der Waals surface area contributed by atoms with E-state index in [9.17, 15) is 4.79 Å². The van der Waals surface area contributed by atoms with Crippen LogP contribution in [0.2, 0.25) is 5.02 Å². The third kappa shape index (κ3) is 4.98. The van der Waals surface area contributed by atoms with E-state index >= 15 is 0 Å². The van der Waals surface area contributed by atoms with Gasteiger partial charge in [0.1, 0.15) is 11.4 Å². The van der Waals surface area contributed by atoms with Crippen LogP contribution in [0.5, 0.6) is 5.75 Å². The van der Waals surface area contributed by atoms with Crippen LogP contribution in [0.25, 0.3) is 0 Å².